The van der Waals surface area contributed by atoms with E-state index in [9.17, 15) is 0 Å². The van der Waals surface area contributed by atoms with Gasteiger partial charge in [0.1, 0.15) is 0 Å². The van der Waals surface area contributed by atoms with Crippen molar-refractivity contribution < 1.29 is 9.47 Å². The van der Waals surface area contributed by atoms with E-state index < -0.39 is 0 Å². The van der Waals surface area contributed by atoms with Gasteiger partial charge in [-0.15, -0.1) is 0 Å². The number of aliphatic imine (C=N–C) groups is 1. The van der Waals surface area contributed by atoms with Crippen molar-refractivity contribution in [2.75, 3.05) is 20.3 Å². The van der Waals surface area contributed by atoms with Crippen molar-refractivity contribution in [2.45, 2.75) is 18.4 Å². The zero-order valence-electron chi connectivity index (χ0n) is 7.25. The molecule has 1 heterocycles. The number of hydrogen-bond donors (Lipinski definition) is 1. The second-order valence-electron chi connectivity index (χ2n) is 3.53. The van der Waals surface area contributed by atoms with Crippen LogP contribution in [0, 0.1) is 5.92 Å². The van der Waals surface area contributed by atoms with E-state index in [1.807, 2.05) is 0 Å². The first-order chi connectivity index (χ1) is 5.77. The summed E-state index contributed by atoms with van der Waals surface area (Å²) in [6, 6.07) is 0.318. The maximum absolute atomic E-state index is 5.52. The number of ether oxygens (including phenoxy) is 2. The van der Waals surface area contributed by atoms with Crippen molar-refractivity contribution in [3.63, 3.8) is 0 Å². The summed E-state index contributed by atoms with van der Waals surface area (Å²) in [5.74, 6) is 0.599. The molecule has 0 aromatic heterocycles. The Bertz CT molecular complexity index is 213. The fourth-order valence-corrected chi connectivity index (χ4v) is 1.74. The van der Waals surface area contributed by atoms with Crippen LogP contribution in [0.2, 0.25) is 0 Å². The van der Waals surface area contributed by atoms with Crippen molar-refractivity contribution in [1.82, 2.24) is 0 Å². The normalized spacial score (nSPS) is 34.6. The third-order valence-electron chi connectivity index (χ3n) is 2.52. The number of rotatable bonds is 3. The highest BCUT2D eigenvalue weighted by molar-refractivity contribution is 5.73. The van der Waals surface area contributed by atoms with E-state index in [1.165, 1.54) is 12.8 Å². The molecule has 0 bridgehead atoms. The molecule has 0 aromatic carbocycles. The van der Waals surface area contributed by atoms with Gasteiger partial charge < -0.3 is 15.2 Å². The molecule has 1 fully saturated rings. The number of nitrogens with two attached hydrogens (primary N) is 1. The Kier molecular flexibility index (Phi) is 1.72. The van der Waals surface area contributed by atoms with Crippen LogP contribution in [0.5, 0.6) is 0 Å². The van der Waals surface area contributed by atoms with Crippen molar-refractivity contribution >= 4 is 6.02 Å². The molecule has 12 heavy (non-hydrogen) atoms. The molecule has 1 saturated carbocycles. The van der Waals surface area contributed by atoms with Gasteiger partial charge in [-0.3, -0.25) is 0 Å². The Morgan fingerprint density at radius 2 is 2.50 bits per heavy atom. The van der Waals surface area contributed by atoms with Crippen LogP contribution in [-0.2, 0) is 9.47 Å². The molecule has 1 unspecified atom stereocenters. The SMILES string of the molecule is COCC1(C2CC2)CN=C(N)O1. The lowest BCUT2D eigenvalue weighted by Crippen LogP contribution is -2.41. The number of methoxy groups -OCH3 is 1. The van der Waals surface area contributed by atoms with E-state index in [0.717, 1.165) is 0 Å². The van der Waals surface area contributed by atoms with Crippen LogP contribution in [0.25, 0.3) is 0 Å². The molecule has 1 atom stereocenters. The summed E-state index contributed by atoms with van der Waals surface area (Å²) >= 11 is 0. The standard InChI is InChI=1S/C8H14N2O2/c1-11-5-8(6-2-3-6)4-10-7(9)12-8/h6H,2-5H2,1H3,(H2,9,10). The molecule has 2 N–H and O–H groups in total. The van der Waals surface area contributed by atoms with E-state index >= 15 is 0 Å². The first-order valence-corrected chi connectivity index (χ1v) is 4.25. The van der Waals surface area contributed by atoms with Crippen LogP contribution in [-0.4, -0.2) is 31.9 Å². The lowest BCUT2D eigenvalue weighted by atomic mass is 9.99. The Morgan fingerprint density at radius 3 is 2.92 bits per heavy atom. The Labute approximate surface area is 71.7 Å². The van der Waals surface area contributed by atoms with Gasteiger partial charge in [0.2, 0.25) is 0 Å². The molecule has 0 amide bonds. The van der Waals surface area contributed by atoms with Gasteiger partial charge in [0.15, 0.2) is 5.60 Å². The minimum Gasteiger partial charge on any atom is -0.454 e. The first kappa shape index (κ1) is 7.86. The van der Waals surface area contributed by atoms with Gasteiger partial charge in [-0.1, -0.05) is 0 Å². The number of amidine groups is 1. The molecule has 2 aliphatic rings. The molecule has 1 aliphatic heterocycles. The maximum atomic E-state index is 5.52. The molecule has 4 heteroatoms. The van der Waals surface area contributed by atoms with E-state index in [1.54, 1.807) is 7.11 Å². The van der Waals surface area contributed by atoms with E-state index in [0.29, 0.717) is 25.1 Å². The van der Waals surface area contributed by atoms with Gasteiger partial charge in [-0.2, -0.15) is 0 Å². The second kappa shape index (κ2) is 2.62. The minimum absolute atomic E-state index is 0.223. The molecule has 0 spiro atoms. The van der Waals surface area contributed by atoms with Crippen molar-refractivity contribution in [3.05, 3.63) is 0 Å². The van der Waals surface area contributed by atoms with Crippen LogP contribution in [0.3, 0.4) is 0 Å². The monoisotopic (exact) mass is 170 g/mol. The molecule has 1 aliphatic carbocycles. The summed E-state index contributed by atoms with van der Waals surface area (Å²) in [4.78, 5) is 4.06. The summed E-state index contributed by atoms with van der Waals surface area (Å²) in [7, 11) is 1.68. The van der Waals surface area contributed by atoms with Gasteiger partial charge >= 0.3 is 0 Å². The van der Waals surface area contributed by atoms with E-state index in [-0.39, 0.29) is 5.60 Å². The topological polar surface area (TPSA) is 56.8 Å². The van der Waals surface area contributed by atoms with Crippen molar-refractivity contribution in [1.29, 1.82) is 0 Å². The van der Waals surface area contributed by atoms with Crippen LogP contribution in [0.15, 0.2) is 4.99 Å². The smallest absolute Gasteiger partial charge is 0.282 e. The fraction of sp³-hybridized carbons (Fsp3) is 0.875. The third kappa shape index (κ3) is 1.16. The third-order valence-corrected chi connectivity index (χ3v) is 2.52. The summed E-state index contributed by atoms with van der Waals surface area (Å²) in [5.41, 5.74) is 5.26. The van der Waals surface area contributed by atoms with Crippen molar-refractivity contribution in [2.24, 2.45) is 16.6 Å². The zero-order chi connectivity index (χ0) is 8.60. The Hall–Kier alpha value is -0.770. The van der Waals surface area contributed by atoms with Crippen molar-refractivity contribution in [3.8, 4) is 0 Å². The highest BCUT2D eigenvalue weighted by Gasteiger charge is 2.50. The quantitative estimate of drug-likeness (QED) is 0.654. The minimum atomic E-state index is -0.223. The largest absolute Gasteiger partial charge is 0.454 e. The van der Waals surface area contributed by atoms with Gasteiger partial charge in [0.25, 0.3) is 6.02 Å². The highest BCUT2D eigenvalue weighted by atomic mass is 16.6. The van der Waals surface area contributed by atoms with E-state index in [2.05, 4.69) is 4.99 Å². The van der Waals surface area contributed by atoms with Gasteiger partial charge in [0.05, 0.1) is 13.2 Å². The predicted molar refractivity (Wildman–Crippen MR) is 44.9 cm³/mol. The second-order valence-corrected chi connectivity index (χ2v) is 3.53. The summed E-state index contributed by atoms with van der Waals surface area (Å²) in [6.45, 7) is 1.26. The number of hydrogen-bond acceptors (Lipinski definition) is 4. The fourth-order valence-electron chi connectivity index (χ4n) is 1.74. The molecule has 0 aromatic rings. The van der Waals surface area contributed by atoms with Crippen LogP contribution < -0.4 is 5.73 Å². The highest BCUT2D eigenvalue weighted by Crippen LogP contribution is 2.43. The molecule has 0 saturated heterocycles. The first-order valence-electron chi connectivity index (χ1n) is 4.25. The summed E-state index contributed by atoms with van der Waals surface area (Å²) in [6.07, 6.45) is 2.43. The van der Waals surface area contributed by atoms with E-state index in [4.69, 9.17) is 15.2 Å². The summed E-state index contributed by atoms with van der Waals surface area (Å²) < 4.78 is 10.6. The van der Waals surface area contributed by atoms with Gasteiger partial charge in [-0.05, 0) is 12.8 Å². The molecule has 0 radical (unpaired) electrons. The average molecular weight is 170 g/mol. The number of nitrogens with zero attached hydrogens (tertiary/aromatic N) is 1. The molecule has 68 valence electrons. The average Bonchev–Trinajstić information content (AvgIpc) is 2.80. The Balaban J connectivity index is 2.04. The van der Waals surface area contributed by atoms with Gasteiger partial charge in [0, 0.05) is 13.0 Å². The maximum Gasteiger partial charge on any atom is 0.282 e. The zero-order valence-corrected chi connectivity index (χ0v) is 7.25. The molecule has 2 rings (SSSR count). The predicted octanol–water partition coefficient (Wildman–Crippen LogP) is 0.127. The lowest BCUT2D eigenvalue weighted by Gasteiger charge is -2.26. The summed E-state index contributed by atoms with van der Waals surface area (Å²) in [5, 5.41) is 0. The van der Waals surface area contributed by atoms with Crippen LogP contribution in [0.1, 0.15) is 12.8 Å². The molecular weight excluding hydrogens is 156 g/mol. The Morgan fingerprint density at radius 1 is 1.75 bits per heavy atom. The van der Waals surface area contributed by atoms with Crippen LogP contribution >= 0.6 is 0 Å². The molecular formula is C8H14N2O2. The lowest BCUT2D eigenvalue weighted by molar-refractivity contribution is -0.0154. The molecule has 4 nitrogen and oxygen atoms in total. The van der Waals surface area contributed by atoms with Crippen LogP contribution in [0.4, 0.5) is 0 Å². The van der Waals surface area contributed by atoms with Gasteiger partial charge in [-0.25, -0.2) is 4.99 Å².